The molecule has 2 atom stereocenters. The number of piperidine rings is 1. The van der Waals surface area contributed by atoms with E-state index < -0.39 is 0 Å². The molecule has 134 valence electrons. The van der Waals surface area contributed by atoms with Gasteiger partial charge in [-0.2, -0.15) is 0 Å². The summed E-state index contributed by atoms with van der Waals surface area (Å²) in [6.45, 7) is 9.39. The average molecular weight is 342 g/mol. The molecule has 25 heavy (non-hydrogen) atoms. The minimum absolute atomic E-state index is 0.0205. The lowest BCUT2D eigenvalue weighted by Crippen LogP contribution is -2.48. The number of aromatic nitrogens is 1. The van der Waals surface area contributed by atoms with E-state index in [2.05, 4.69) is 25.7 Å². The average Bonchev–Trinajstić information content (AvgIpc) is 2.94. The lowest BCUT2D eigenvalue weighted by molar-refractivity contribution is 0.0575. The van der Waals surface area contributed by atoms with Crippen LogP contribution in [0.2, 0.25) is 0 Å². The zero-order valence-electron chi connectivity index (χ0n) is 15.4. The number of halogens is 1. The fourth-order valence-corrected chi connectivity index (χ4v) is 4.90. The molecule has 1 aromatic carbocycles. The molecular formula is C21H27FN2O. The Kier molecular flexibility index (Phi) is 3.99. The zero-order valence-corrected chi connectivity index (χ0v) is 15.4. The van der Waals surface area contributed by atoms with Crippen LogP contribution in [0.4, 0.5) is 4.39 Å². The summed E-state index contributed by atoms with van der Waals surface area (Å²) in [5, 5.41) is 0.963. The molecule has 1 fully saturated rings. The Morgan fingerprint density at radius 1 is 1.16 bits per heavy atom. The molecule has 2 aromatic rings. The highest BCUT2D eigenvalue weighted by molar-refractivity contribution is 5.84. The molecule has 0 amide bonds. The molecule has 3 nitrogen and oxygen atoms in total. The van der Waals surface area contributed by atoms with Gasteiger partial charge in [0.1, 0.15) is 5.82 Å². The van der Waals surface area contributed by atoms with Gasteiger partial charge in [-0.1, -0.05) is 27.2 Å². The van der Waals surface area contributed by atoms with Gasteiger partial charge in [-0.25, -0.2) is 4.39 Å². The van der Waals surface area contributed by atoms with Crippen molar-refractivity contribution in [3.63, 3.8) is 0 Å². The highest BCUT2D eigenvalue weighted by Crippen LogP contribution is 2.38. The van der Waals surface area contributed by atoms with Gasteiger partial charge < -0.3 is 4.57 Å². The molecule has 2 aliphatic heterocycles. The van der Waals surface area contributed by atoms with E-state index >= 15 is 0 Å². The van der Waals surface area contributed by atoms with Gasteiger partial charge in [0, 0.05) is 36.7 Å². The Morgan fingerprint density at radius 3 is 2.68 bits per heavy atom. The molecule has 2 aliphatic rings. The van der Waals surface area contributed by atoms with Crippen molar-refractivity contribution < 1.29 is 4.39 Å². The molecular weight excluding hydrogens is 315 g/mol. The van der Waals surface area contributed by atoms with Crippen LogP contribution in [-0.4, -0.2) is 28.6 Å². The highest BCUT2D eigenvalue weighted by Gasteiger charge is 2.36. The first kappa shape index (κ1) is 16.8. The summed E-state index contributed by atoms with van der Waals surface area (Å²) < 4.78 is 16.5. The maximum atomic E-state index is 14.7. The lowest BCUT2D eigenvalue weighted by Gasteiger charge is -2.44. The summed E-state index contributed by atoms with van der Waals surface area (Å²) in [5.74, 6) is -0.111. The smallest absolute Gasteiger partial charge is 0.251 e. The molecule has 4 heteroatoms. The van der Waals surface area contributed by atoms with Crippen molar-refractivity contribution in [3.05, 3.63) is 46.0 Å². The minimum Gasteiger partial charge on any atom is -0.307 e. The lowest BCUT2D eigenvalue weighted by atomic mass is 9.80. The summed E-state index contributed by atoms with van der Waals surface area (Å²) in [4.78, 5) is 14.8. The van der Waals surface area contributed by atoms with Crippen LogP contribution in [0, 0.1) is 11.2 Å². The van der Waals surface area contributed by atoms with Crippen LogP contribution in [0.5, 0.6) is 0 Å². The molecule has 0 aliphatic carbocycles. The van der Waals surface area contributed by atoms with Crippen LogP contribution in [0.1, 0.15) is 51.5 Å². The van der Waals surface area contributed by atoms with Gasteiger partial charge in [0.25, 0.3) is 5.56 Å². The van der Waals surface area contributed by atoms with Crippen molar-refractivity contribution in [2.45, 2.75) is 58.5 Å². The van der Waals surface area contributed by atoms with Crippen molar-refractivity contribution in [2.24, 2.45) is 5.41 Å². The summed E-state index contributed by atoms with van der Waals surface area (Å²) in [7, 11) is 0. The fourth-order valence-electron chi connectivity index (χ4n) is 4.90. The molecule has 0 spiro atoms. The number of hydrogen-bond donors (Lipinski definition) is 0. The van der Waals surface area contributed by atoms with Gasteiger partial charge in [0.15, 0.2) is 0 Å². The minimum atomic E-state index is -0.168. The van der Waals surface area contributed by atoms with Crippen LogP contribution in [0.3, 0.4) is 0 Å². The van der Waals surface area contributed by atoms with Gasteiger partial charge in [-0.15, -0.1) is 0 Å². The Hall–Kier alpha value is -1.68. The van der Waals surface area contributed by atoms with E-state index in [1.54, 1.807) is 22.8 Å². The van der Waals surface area contributed by atoms with E-state index in [4.69, 9.17) is 0 Å². The largest absolute Gasteiger partial charge is 0.307 e. The van der Waals surface area contributed by atoms with Crippen molar-refractivity contribution in [3.8, 4) is 0 Å². The summed E-state index contributed by atoms with van der Waals surface area (Å²) in [6, 6.07) is 7.28. The van der Waals surface area contributed by atoms with Gasteiger partial charge in [0.05, 0.1) is 5.52 Å². The summed E-state index contributed by atoms with van der Waals surface area (Å²) in [6.07, 6.45) is 3.68. The number of likely N-dealkylation sites (tertiary alicyclic amines) is 1. The standard InChI is InChI=1S/C21H27FN2O/c1-21(2,3)17-6-4-5-11-23(17)12-15-13-24-18(25)10-8-14-7-9-16(22)19(15)20(14)24/h7-10,15,17H,4-6,11-13H2,1-3H3. The second-order valence-electron chi connectivity index (χ2n) is 8.75. The first-order valence-corrected chi connectivity index (χ1v) is 9.42. The number of nitrogens with zero attached hydrogens (tertiary/aromatic N) is 2. The summed E-state index contributed by atoms with van der Waals surface area (Å²) in [5.41, 5.74) is 1.75. The quantitative estimate of drug-likeness (QED) is 0.819. The molecule has 4 rings (SSSR count). The third kappa shape index (κ3) is 2.80. The second-order valence-corrected chi connectivity index (χ2v) is 8.75. The van der Waals surface area contributed by atoms with Crippen LogP contribution >= 0.6 is 0 Å². The predicted octanol–water partition coefficient (Wildman–Crippen LogP) is 4.14. The Morgan fingerprint density at radius 2 is 1.92 bits per heavy atom. The molecule has 0 radical (unpaired) electrons. The third-order valence-electron chi connectivity index (χ3n) is 6.02. The van der Waals surface area contributed by atoms with E-state index in [0.717, 1.165) is 29.6 Å². The number of pyridine rings is 1. The maximum absolute atomic E-state index is 14.7. The van der Waals surface area contributed by atoms with Gasteiger partial charge in [-0.05, 0) is 48.4 Å². The Labute approximate surface area is 148 Å². The van der Waals surface area contributed by atoms with Gasteiger partial charge in [-0.3, -0.25) is 9.69 Å². The molecule has 3 heterocycles. The Bertz CT molecular complexity index is 865. The number of rotatable bonds is 2. The van der Waals surface area contributed by atoms with Crippen LogP contribution in [0.15, 0.2) is 29.1 Å². The van der Waals surface area contributed by atoms with Gasteiger partial charge >= 0.3 is 0 Å². The molecule has 0 bridgehead atoms. The van der Waals surface area contributed by atoms with Crippen molar-refractivity contribution in [1.29, 1.82) is 0 Å². The molecule has 1 aromatic heterocycles. The predicted molar refractivity (Wildman–Crippen MR) is 99.6 cm³/mol. The SMILES string of the molecule is CC(C)(C)C1CCCCN1CC1Cn2c(=O)ccc3ccc(F)c1c32. The molecule has 0 N–H and O–H groups in total. The molecule has 2 unspecified atom stereocenters. The highest BCUT2D eigenvalue weighted by atomic mass is 19.1. The van der Waals surface area contributed by atoms with E-state index in [1.807, 2.05) is 6.07 Å². The number of benzene rings is 1. The molecule has 1 saturated heterocycles. The first-order valence-electron chi connectivity index (χ1n) is 9.42. The van der Waals surface area contributed by atoms with E-state index in [1.165, 1.54) is 19.3 Å². The Balaban J connectivity index is 1.71. The molecule has 0 saturated carbocycles. The van der Waals surface area contributed by atoms with E-state index in [0.29, 0.717) is 12.6 Å². The van der Waals surface area contributed by atoms with E-state index in [-0.39, 0.29) is 22.7 Å². The van der Waals surface area contributed by atoms with Crippen LogP contribution in [0.25, 0.3) is 10.9 Å². The van der Waals surface area contributed by atoms with Gasteiger partial charge in [0.2, 0.25) is 0 Å². The number of hydrogen-bond acceptors (Lipinski definition) is 2. The normalized spacial score (nSPS) is 24.2. The first-order chi connectivity index (χ1) is 11.9. The zero-order chi connectivity index (χ0) is 17.8. The van der Waals surface area contributed by atoms with Crippen LogP contribution in [-0.2, 0) is 6.54 Å². The van der Waals surface area contributed by atoms with Crippen molar-refractivity contribution in [1.82, 2.24) is 9.47 Å². The topological polar surface area (TPSA) is 25.2 Å². The second kappa shape index (κ2) is 5.94. The fraction of sp³-hybridized carbons (Fsp3) is 0.571. The van der Waals surface area contributed by atoms with Crippen LogP contribution < -0.4 is 5.56 Å². The third-order valence-corrected chi connectivity index (χ3v) is 6.02. The summed E-state index contributed by atoms with van der Waals surface area (Å²) >= 11 is 0. The van der Waals surface area contributed by atoms with E-state index in [9.17, 15) is 9.18 Å². The monoisotopic (exact) mass is 342 g/mol. The maximum Gasteiger partial charge on any atom is 0.251 e. The van der Waals surface area contributed by atoms with Crippen molar-refractivity contribution >= 4 is 10.9 Å². The van der Waals surface area contributed by atoms with Crippen molar-refractivity contribution in [2.75, 3.05) is 13.1 Å².